The molecule has 1 aromatic heterocycles. The first kappa shape index (κ1) is 15.8. The van der Waals surface area contributed by atoms with Crippen molar-refractivity contribution in [2.75, 3.05) is 7.11 Å². The Hall–Kier alpha value is -2.57. The molecule has 0 radical (unpaired) electrons. The maximum Gasteiger partial charge on any atom is 0.347 e. The van der Waals surface area contributed by atoms with E-state index in [4.69, 9.17) is 4.74 Å². The van der Waals surface area contributed by atoms with Crippen molar-refractivity contribution in [3.05, 3.63) is 40.6 Å². The van der Waals surface area contributed by atoms with Crippen LogP contribution in [0.5, 0.6) is 5.75 Å². The van der Waals surface area contributed by atoms with Crippen LogP contribution in [0.4, 0.5) is 0 Å². The van der Waals surface area contributed by atoms with Gasteiger partial charge in [0.05, 0.1) is 19.2 Å². The topological polar surface area (TPSA) is 89.0 Å². The van der Waals surface area contributed by atoms with E-state index < -0.39 is 5.69 Å². The van der Waals surface area contributed by atoms with E-state index >= 15 is 0 Å². The fourth-order valence-corrected chi connectivity index (χ4v) is 2.07. The number of aromatic amines is 1. The van der Waals surface area contributed by atoms with E-state index in [1.165, 1.54) is 4.57 Å². The number of aromatic nitrogens is 3. The number of nitrogens with one attached hydrogen (secondary N) is 2. The van der Waals surface area contributed by atoms with Crippen molar-refractivity contribution in [1.82, 2.24) is 20.1 Å². The monoisotopic (exact) mass is 304 g/mol. The Bertz CT molecular complexity index is 725. The van der Waals surface area contributed by atoms with Crippen LogP contribution in [0.2, 0.25) is 0 Å². The molecule has 0 aliphatic rings. The van der Waals surface area contributed by atoms with Crippen molar-refractivity contribution in [3.63, 3.8) is 0 Å². The molecule has 2 N–H and O–H groups in total. The summed E-state index contributed by atoms with van der Waals surface area (Å²) in [6.07, 6.45) is 0.00716. The van der Waals surface area contributed by atoms with Gasteiger partial charge in [-0.3, -0.25) is 4.79 Å². The van der Waals surface area contributed by atoms with Crippen LogP contribution in [0.15, 0.2) is 29.1 Å². The van der Waals surface area contributed by atoms with E-state index in [0.717, 1.165) is 0 Å². The zero-order chi connectivity index (χ0) is 16.3. The van der Waals surface area contributed by atoms with Gasteiger partial charge in [-0.15, -0.1) is 0 Å². The SMILES string of the molecule is COc1cccc(-n2c(CC(=O)NC(C)(C)C)n[nH]c2=O)c1. The molecule has 0 unspecified atom stereocenters. The molecule has 0 saturated heterocycles. The molecule has 7 nitrogen and oxygen atoms in total. The number of nitrogens with zero attached hydrogens (tertiary/aromatic N) is 2. The van der Waals surface area contributed by atoms with E-state index in [2.05, 4.69) is 15.5 Å². The largest absolute Gasteiger partial charge is 0.497 e. The lowest BCUT2D eigenvalue weighted by Crippen LogP contribution is -2.41. The number of carbonyl (C=O) groups excluding carboxylic acids is 1. The zero-order valence-electron chi connectivity index (χ0n) is 13.1. The third-order valence-corrected chi connectivity index (χ3v) is 2.89. The Kier molecular flexibility index (Phi) is 4.35. The molecule has 1 amide bonds. The molecule has 2 rings (SSSR count). The third kappa shape index (κ3) is 3.75. The summed E-state index contributed by atoms with van der Waals surface area (Å²) < 4.78 is 6.52. The van der Waals surface area contributed by atoms with E-state index in [1.54, 1.807) is 31.4 Å². The number of carbonyl (C=O) groups is 1. The van der Waals surface area contributed by atoms with Gasteiger partial charge in [-0.1, -0.05) is 6.07 Å². The van der Waals surface area contributed by atoms with Gasteiger partial charge < -0.3 is 10.1 Å². The Morgan fingerprint density at radius 3 is 2.77 bits per heavy atom. The molecule has 0 saturated carbocycles. The summed E-state index contributed by atoms with van der Waals surface area (Å²) in [7, 11) is 1.55. The van der Waals surface area contributed by atoms with Crippen molar-refractivity contribution < 1.29 is 9.53 Å². The highest BCUT2D eigenvalue weighted by atomic mass is 16.5. The molecule has 2 aromatic rings. The molecule has 1 aromatic carbocycles. The van der Waals surface area contributed by atoms with E-state index in [9.17, 15) is 9.59 Å². The number of hydrogen-bond donors (Lipinski definition) is 2. The van der Waals surface area contributed by atoms with Gasteiger partial charge in [0, 0.05) is 11.6 Å². The van der Waals surface area contributed by atoms with Crippen molar-refractivity contribution in [3.8, 4) is 11.4 Å². The first-order valence-corrected chi connectivity index (χ1v) is 6.92. The molecule has 7 heteroatoms. The van der Waals surface area contributed by atoms with Gasteiger partial charge in [0.15, 0.2) is 0 Å². The second-order valence-corrected chi connectivity index (χ2v) is 5.96. The maximum atomic E-state index is 12.0. The molecule has 0 aliphatic heterocycles. The Balaban J connectivity index is 2.32. The highest BCUT2D eigenvalue weighted by Crippen LogP contribution is 2.16. The molecule has 118 valence electrons. The quantitative estimate of drug-likeness (QED) is 0.883. The summed E-state index contributed by atoms with van der Waals surface area (Å²) in [6.45, 7) is 5.68. The van der Waals surface area contributed by atoms with Gasteiger partial charge in [0.2, 0.25) is 5.91 Å². The molecular weight excluding hydrogens is 284 g/mol. The van der Waals surface area contributed by atoms with Gasteiger partial charge in [0.25, 0.3) is 0 Å². The normalized spacial score (nSPS) is 11.3. The molecule has 0 fully saturated rings. The summed E-state index contributed by atoms with van der Waals surface area (Å²) in [6, 6.07) is 7.01. The highest BCUT2D eigenvalue weighted by Gasteiger charge is 2.18. The summed E-state index contributed by atoms with van der Waals surface area (Å²) >= 11 is 0. The van der Waals surface area contributed by atoms with Gasteiger partial charge in [-0.05, 0) is 32.9 Å². The number of ether oxygens (including phenoxy) is 1. The van der Waals surface area contributed by atoms with E-state index in [-0.39, 0.29) is 17.9 Å². The van der Waals surface area contributed by atoms with Crippen LogP contribution >= 0.6 is 0 Å². The number of amides is 1. The molecule has 0 spiro atoms. The van der Waals surface area contributed by atoms with Crippen molar-refractivity contribution in [2.45, 2.75) is 32.7 Å². The maximum absolute atomic E-state index is 12.0. The number of rotatable bonds is 4. The average Bonchev–Trinajstić information content (AvgIpc) is 2.77. The van der Waals surface area contributed by atoms with Gasteiger partial charge in [-0.25, -0.2) is 14.5 Å². The predicted molar refractivity (Wildman–Crippen MR) is 82.3 cm³/mol. The van der Waals surface area contributed by atoms with E-state index in [0.29, 0.717) is 17.3 Å². The predicted octanol–water partition coefficient (Wildman–Crippen LogP) is 1.03. The van der Waals surface area contributed by atoms with E-state index in [1.807, 2.05) is 20.8 Å². The first-order chi connectivity index (χ1) is 10.3. The minimum atomic E-state index is -0.396. The third-order valence-electron chi connectivity index (χ3n) is 2.89. The van der Waals surface area contributed by atoms with Gasteiger partial charge in [0.1, 0.15) is 11.6 Å². The van der Waals surface area contributed by atoms with Crippen LogP contribution < -0.4 is 15.7 Å². The second-order valence-electron chi connectivity index (χ2n) is 5.96. The van der Waals surface area contributed by atoms with Crippen LogP contribution in [0.25, 0.3) is 5.69 Å². The molecule has 0 aliphatic carbocycles. The highest BCUT2D eigenvalue weighted by molar-refractivity contribution is 5.78. The fraction of sp³-hybridized carbons (Fsp3) is 0.400. The van der Waals surface area contributed by atoms with Gasteiger partial charge in [-0.2, -0.15) is 5.10 Å². The average molecular weight is 304 g/mol. The van der Waals surface area contributed by atoms with Crippen molar-refractivity contribution in [1.29, 1.82) is 0 Å². The number of methoxy groups -OCH3 is 1. The van der Waals surface area contributed by atoms with Crippen LogP contribution in [0.1, 0.15) is 26.6 Å². The zero-order valence-corrected chi connectivity index (χ0v) is 13.1. The van der Waals surface area contributed by atoms with Crippen LogP contribution in [-0.4, -0.2) is 33.3 Å². The Morgan fingerprint density at radius 2 is 2.14 bits per heavy atom. The smallest absolute Gasteiger partial charge is 0.347 e. The van der Waals surface area contributed by atoms with Crippen LogP contribution in [0, 0.1) is 0 Å². The van der Waals surface area contributed by atoms with Gasteiger partial charge >= 0.3 is 5.69 Å². The minimum absolute atomic E-state index is 0.00716. The molecular formula is C15H20N4O3. The Labute approximate surface area is 128 Å². The molecule has 0 bridgehead atoms. The lowest BCUT2D eigenvalue weighted by molar-refractivity contribution is -0.121. The number of benzene rings is 1. The minimum Gasteiger partial charge on any atom is -0.497 e. The standard InChI is InChI=1S/C15H20N4O3/c1-15(2,3)16-13(20)9-12-17-18-14(21)19(12)10-6-5-7-11(8-10)22-4/h5-8H,9H2,1-4H3,(H,16,20)(H,18,21). The first-order valence-electron chi connectivity index (χ1n) is 6.92. The fourth-order valence-electron chi connectivity index (χ4n) is 2.07. The molecule has 0 atom stereocenters. The molecule has 22 heavy (non-hydrogen) atoms. The Morgan fingerprint density at radius 1 is 1.41 bits per heavy atom. The van der Waals surface area contributed by atoms with Crippen molar-refractivity contribution in [2.24, 2.45) is 0 Å². The lowest BCUT2D eigenvalue weighted by atomic mass is 10.1. The summed E-state index contributed by atoms with van der Waals surface area (Å²) in [5.41, 5.74) is -0.141. The number of hydrogen-bond acceptors (Lipinski definition) is 4. The summed E-state index contributed by atoms with van der Waals surface area (Å²) in [5, 5.41) is 9.16. The van der Waals surface area contributed by atoms with Crippen molar-refractivity contribution >= 4 is 5.91 Å². The van der Waals surface area contributed by atoms with Crippen LogP contribution in [0.3, 0.4) is 0 Å². The van der Waals surface area contributed by atoms with Crippen LogP contribution in [-0.2, 0) is 11.2 Å². The summed E-state index contributed by atoms with van der Waals surface area (Å²) in [4.78, 5) is 24.0. The summed E-state index contributed by atoms with van der Waals surface area (Å²) in [5.74, 6) is 0.770. The second kappa shape index (κ2) is 6.05. The lowest BCUT2D eigenvalue weighted by Gasteiger charge is -2.20. The number of H-pyrrole nitrogens is 1. The molecule has 1 heterocycles.